The zero-order valence-electron chi connectivity index (χ0n) is 5.52. The smallest absolute Gasteiger partial charge is 1.00 e. The largest absolute Gasteiger partial charge is 2.00 e. The van der Waals surface area contributed by atoms with E-state index in [2.05, 4.69) is 0 Å². The van der Waals surface area contributed by atoms with Crippen molar-refractivity contribution in [2.45, 2.75) is 0 Å². The molecular weight excluding hydrogens is 69.2 g/mol. The fraction of sp³-hybridized carbons (Fsp3) is 0. The topological polar surface area (TPSA) is 0 Å². The van der Waals surface area contributed by atoms with E-state index in [4.69, 9.17) is 0 Å². The summed E-state index contributed by atoms with van der Waals surface area (Å²) in [4.78, 5) is 0. The molecule has 4 heavy (non-hydrogen) atoms. The van der Waals surface area contributed by atoms with Crippen LogP contribution in [-0.4, -0.2) is 23.1 Å². The molecule has 0 rings (SSSR count). The van der Waals surface area contributed by atoms with Gasteiger partial charge in [-0.25, -0.2) is 0 Å². The third-order valence-electron chi connectivity index (χ3n) is 0. The van der Waals surface area contributed by atoms with Gasteiger partial charge in [-0.05, 0) is 0 Å². The summed E-state index contributed by atoms with van der Waals surface area (Å²) in [7, 11) is 0. The van der Waals surface area contributed by atoms with E-state index in [1.54, 1.807) is 0 Å². The van der Waals surface area contributed by atoms with E-state index in [0.29, 0.717) is 0 Å². The summed E-state index contributed by atoms with van der Waals surface area (Å²) in [5, 5.41) is 0. The normalized spacial score (nSPS) is 0. The summed E-state index contributed by atoms with van der Waals surface area (Å²) in [6.45, 7) is 0. The van der Waals surface area contributed by atoms with Gasteiger partial charge < -0.3 is 4.28 Å². The van der Waals surface area contributed by atoms with E-state index in [1.165, 1.54) is 0 Å². The van der Waals surface area contributed by atoms with Crippen molar-refractivity contribution in [3.63, 3.8) is 0 Å². The Balaban J connectivity index is 0. The predicted octanol–water partition coefficient (Wildman–Crippen LogP) is -2.73. The Hall–Kier alpha value is 1.22. The van der Waals surface area contributed by atoms with Crippen molar-refractivity contribution in [2.24, 2.45) is 0 Å². The van der Waals surface area contributed by atoms with Gasteiger partial charge in [0.1, 0.15) is 0 Å². The zero-order valence-corrected chi connectivity index (χ0v) is 3.94. The second-order valence-electron chi connectivity index (χ2n) is 0. The molecule has 0 heterocycles. The summed E-state index contributed by atoms with van der Waals surface area (Å²) in [5.74, 6) is 0. The standard InChI is InChI=1S/2FH.Li.Mg.3H/h2*1H;;;;;/q;;+1;+2;3*-1. The molecule has 0 aromatic rings. The monoisotopic (exact) mass is 74.0 g/mol. The molecule has 0 saturated heterocycles. The van der Waals surface area contributed by atoms with Crippen molar-refractivity contribution < 1.29 is 32.5 Å². The van der Waals surface area contributed by atoms with Gasteiger partial charge in [-0.15, -0.1) is 0 Å². The van der Waals surface area contributed by atoms with Crippen LogP contribution >= 0.6 is 0 Å². The van der Waals surface area contributed by atoms with Crippen LogP contribution in [-0.2, 0) is 0 Å². The summed E-state index contributed by atoms with van der Waals surface area (Å²) in [6, 6.07) is 0. The third-order valence-corrected chi connectivity index (χ3v) is 0. The summed E-state index contributed by atoms with van der Waals surface area (Å²) in [5.41, 5.74) is 0. The molecule has 0 spiro atoms. The van der Waals surface area contributed by atoms with Gasteiger partial charge in [-0.2, -0.15) is 0 Å². The first-order valence-corrected chi connectivity index (χ1v) is 0. The molecule has 22 valence electrons. The first-order valence-electron chi connectivity index (χ1n) is 0. The Morgan fingerprint density at radius 2 is 1.00 bits per heavy atom. The SMILES string of the molecule is F.F.[H-].[H-].[H-].[Li+].[Mg+2]. The predicted molar refractivity (Wildman–Crippen MR) is 14.1 cm³/mol. The number of hydrogen-bond donors (Lipinski definition) is 0. The van der Waals surface area contributed by atoms with E-state index in [-0.39, 0.29) is 55.6 Å². The molecule has 0 amide bonds. The molecule has 4 heteroatoms. The van der Waals surface area contributed by atoms with Crippen LogP contribution in [0.3, 0.4) is 0 Å². The summed E-state index contributed by atoms with van der Waals surface area (Å²) < 4.78 is 0. The molecule has 0 aliphatic carbocycles. The molecule has 0 aromatic heterocycles. The average molecular weight is 74.3 g/mol. The van der Waals surface area contributed by atoms with Crippen molar-refractivity contribution in [1.82, 2.24) is 0 Å². The molecule has 0 saturated carbocycles. The van der Waals surface area contributed by atoms with Crippen LogP contribution in [0.15, 0.2) is 0 Å². The van der Waals surface area contributed by atoms with Crippen LogP contribution in [0.5, 0.6) is 0 Å². The van der Waals surface area contributed by atoms with E-state index in [1.807, 2.05) is 0 Å². The quantitative estimate of drug-likeness (QED) is 0.274. The molecule has 0 fully saturated rings. The molecule has 0 unspecified atom stereocenters. The van der Waals surface area contributed by atoms with Crippen molar-refractivity contribution in [1.29, 1.82) is 0 Å². The van der Waals surface area contributed by atoms with Gasteiger partial charge in [-0.1, -0.05) is 0 Å². The van der Waals surface area contributed by atoms with Gasteiger partial charge in [0.25, 0.3) is 0 Å². The van der Waals surface area contributed by atoms with Gasteiger partial charge in [0, 0.05) is 0 Å². The van der Waals surface area contributed by atoms with E-state index >= 15 is 0 Å². The minimum absolute atomic E-state index is 0. The Bertz CT molecular complexity index is 12.9. The van der Waals surface area contributed by atoms with Gasteiger partial charge in [-0.3, -0.25) is 9.41 Å². The van der Waals surface area contributed by atoms with Crippen molar-refractivity contribution in [2.75, 3.05) is 0 Å². The summed E-state index contributed by atoms with van der Waals surface area (Å²) in [6.07, 6.45) is 0. The minimum atomic E-state index is 0. The van der Waals surface area contributed by atoms with Crippen LogP contribution < -0.4 is 18.9 Å². The first-order chi connectivity index (χ1) is 0. The van der Waals surface area contributed by atoms with Gasteiger partial charge >= 0.3 is 41.9 Å². The fourth-order valence-corrected chi connectivity index (χ4v) is 0. The van der Waals surface area contributed by atoms with E-state index in [9.17, 15) is 0 Å². The van der Waals surface area contributed by atoms with Gasteiger partial charge in [0.2, 0.25) is 0 Å². The maximum Gasteiger partial charge on any atom is 2.00 e. The third kappa shape index (κ3) is 10.6. The van der Waals surface area contributed by atoms with Gasteiger partial charge in [0.05, 0.1) is 0 Å². The molecule has 0 nitrogen and oxygen atoms in total. The molecule has 0 N–H and O–H groups in total. The Morgan fingerprint density at radius 3 is 1.00 bits per heavy atom. The summed E-state index contributed by atoms with van der Waals surface area (Å²) >= 11 is 0. The minimum Gasteiger partial charge on any atom is -1.00 e. The van der Waals surface area contributed by atoms with Gasteiger partial charge in [0.15, 0.2) is 0 Å². The number of rotatable bonds is 0. The van der Waals surface area contributed by atoms with Crippen molar-refractivity contribution in [3.8, 4) is 0 Å². The van der Waals surface area contributed by atoms with Crippen LogP contribution in [0.2, 0.25) is 0 Å². The molecule has 0 bridgehead atoms. The average Bonchev–Trinajstić information content (AvgIpc) is 0. The number of halogens is 2. The Kier molecular flexibility index (Phi) is 456. The second kappa shape index (κ2) is 29.3. The molecular formula is H5F2LiMg. The van der Waals surface area contributed by atoms with Crippen LogP contribution in [0, 0.1) is 0 Å². The van der Waals surface area contributed by atoms with Crippen LogP contribution in [0.4, 0.5) is 9.41 Å². The molecule has 0 aromatic carbocycles. The van der Waals surface area contributed by atoms with Crippen LogP contribution in [0.25, 0.3) is 0 Å². The van der Waals surface area contributed by atoms with Crippen LogP contribution in [0.1, 0.15) is 4.28 Å². The fourth-order valence-electron chi connectivity index (χ4n) is 0. The molecule has 0 radical (unpaired) electrons. The van der Waals surface area contributed by atoms with Crippen molar-refractivity contribution >= 4 is 23.1 Å². The Labute approximate surface area is 55.8 Å². The maximum absolute atomic E-state index is 0. The first kappa shape index (κ1) is 62.2. The molecule has 0 aliphatic rings. The van der Waals surface area contributed by atoms with E-state index < -0.39 is 0 Å². The second-order valence-corrected chi connectivity index (χ2v) is 0. The zero-order chi connectivity index (χ0) is 0. The molecule has 0 aliphatic heterocycles. The maximum atomic E-state index is 0. The molecule has 0 atom stereocenters. The Morgan fingerprint density at radius 1 is 1.00 bits per heavy atom. The van der Waals surface area contributed by atoms with E-state index in [0.717, 1.165) is 0 Å². The van der Waals surface area contributed by atoms with Crippen molar-refractivity contribution in [3.05, 3.63) is 0 Å². The number of hydrogen-bond acceptors (Lipinski definition) is 0.